The number of hydrogen-bond acceptors (Lipinski definition) is 7. The summed E-state index contributed by atoms with van der Waals surface area (Å²) in [7, 11) is 1.66. The van der Waals surface area contributed by atoms with Crippen molar-refractivity contribution >= 4 is 11.6 Å². The molecule has 0 spiro atoms. The first-order valence-corrected chi connectivity index (χ1v) is 15.4. The van der Waals surface area contributed by atoms with E-state index in [9.17, 15) is 9.59 Å². The number of carbonyl (C=O) groups is 2. The van der Waals surface area contributed by atoms with Gasteiger partial charge in [-0.3, -0.25) is 9.59 Å². The highest BCUT2D eigenvalue weighted by Crippen LogP contribution is 2.18. The van der Waals surface area contributed by atoms with Gasteiger partial charge in [0.15, 0.2) is 11.6 Å². The Bertz CT molecular complexity index is 1420. The fourth-order valence-corrected chi connectivity index (χ4v) is 4.62. The molecule has 7 nitrogen and oxygen atoms in total. The second kappa shape index (κ2) is 18.5. The zero-order valence-corrected chi connectivity index (χ0v) is 26.1. The average Bonchev–Trinajstić information content (AvgIpc) is 3.10. The number of ketones is 2. The molecule has 236 valence electrons. The van der Waals surface area contributed by atoms with Crippen molar-refractivity contribution in [1.29, 1.82) is 0 Å². The molecule has 7 heteroatoms. The molecular formula is C38H42O7. The van der Waals surface area contributed by atoms with Gasteiger partial charge < -0.3 is 23.7 Å². The molecule has 0 N–H and O–H groups in total. The van der Waals surface area contributed by atoms with Gasteiger partial charge in [0.25, 0.3) is 0 Å². The van der Waals surface area contributed by atoms with Gasteiger partial charge >= 0.3 is 0 Å². The molecule has 0 saturated carbocycles. The fraction of sp³-hybridized carbons (Fsp3) is 0.316. The largest absolute Gasteiger partial charge is 0.493 e. The lowest BCUT2D eigenvalue weighted by Crippen LogP contribution is -2.29. The Balaban J connectivity index is 1.20. The SMILES string of the molecule is CCCOCC(CCOc1ccc(C(=O)c2ccccc2)cc1)OCC(CCOc1ccc(C(=O)c2ccccc2)cc1)OC. The summed E-state index contributed by atoms with van der Waals surface area (Å²) in [6, 6.07) is 32.8. The molecule has 0 aliphatic heterocycles. The molecule has 45 heavy (non-hydrogen) atoms. The monoisotopic (exact) mass is 610 g/mol. The Labute approximate surface area is 266 Å². The van der Waals surface area contributed by atoms with E-state index in [-0.39, 0.29) is 23.8 Å². The fourth-order valence-electron chi connectivity index (χ4n) is 4.62. The van der Waals surface area contributed by atoms with Crippen molar-refractivity contribution in [3.05, 3.63) is 131 Å². The van der Waals surface area contributed by atoms with Gasteiger partial charge in [0.05, 0.1) is 38.6 Å². The third kappa shape index (κ3) is 11.0. The molecule has 0 fully saturated rings. The first kappa shape index (κ1) is 33.6. The van der Waals surface area contributed by atoms with E-state index in [0.717, 1.165) is 6.42 Å². The van der Waals surface area contributed by atoms with Gasteiger partial charge in [-0.25, -0.2) is 0 Å². The summed E-state index contributed by atoms with van der Waals surface area (Å²) in [5.74, 6) is 1.35. The minimum absolute atomic E-state index is 0.0185. The van der Waals surface area contributed by atoms with Gasteiger partial charge in [0.2, 0.25) is 0 Å². The topological polar surface area (TPSA) is 80.3 Å². The van der Waals surface area contributed by atoms with Gasteiger partial charge in [-0.1, -0.05) is 67.6 Å². The highest BCUT2D eigenvalue weighted by Gasteiger charge is 2.16. The zero-order valence-electron chi connectivity index (χ0n) is 26.1. The number of ether oxygens (including phenoxy) is 5. The molecule has 0 aliphatic rings. The Morgan fingerprint density at radius 2 is 1.00 bits per heavy atom. The van der Waals surface area contributed by atoms with E-state index in [2.05, 4.69) is 6.92 Å². The molecule has 4 rings (SSSR count). The number of methoxy groups -OCH3 is 1. The molecule has 0 aromatic heterocycles. The van der Waals surface area contributed by atoms with E-state index in [4.69, 9.17) is 23.7 Å². The minimum Gasteiger partial charge on any atom is -0.493 e. The lowest BCUT2D eigenvalue weighted by atomic mass is 10.0. The van der Waals surface area contributed by atoms with E-state index < -0.39 is 0 Å². The van der Waals surface area contributed by atoms with Crippen LogP contribution in [0.5, 0.6) is 11.5 Å². The molecule has 2 unspecified atom stereocenters. The van der Waals surface area contributed by atoms with Gasteiger partial charge in [0, 0.05) is 48.8 Å². The molecule has 0 heterocycles. The summed E-state index contributed by atoms with van der Waals surface area (Å²) < 4.78 is 29.5. The van der Waals surface area contributed by atoms with E-state index in [1.807, 2.05) is 84.9 Å². The van der Waals surface area contributed by atoms with Crippen molar-refractivity contribution in [1.82, 2.24) is 0 Å². The van der Waals surface area contributed by atoms with Crippen LogP contribution in [0.4, 0.5) is 0 Å². The average molecular weight is 611 g/mol. The van der Waals surface area contributed by atoms with E-state index >= 15 is 0 Å². The molecule has 0 radical (unpaired) electrons. The lowest BCUT2D eigenvalue weighted by molar-refractivity contribution is -0.0679. The summed E-state index contributed by atoms with van der Waals surface area (Å²) in [4.78, 5) is 25.3. The van der Waals surface area contributed by atoms with Crippen LogP contribution in [-0.4, -0.2) is 63.9 Å². The highest BCUT2D eigenvalue weighted by molar-refractivity contribution is 6.09. The van der Waals surface area contributed by atoms with Crippen LogP contribution >= 0.6 is 0 Å². The smallest absolute Gasteiger partial charge is 0.193 e. The normalized spacial score (nSPS) is 12.3. The predicted octanol–water partition coefficient (Wildman–Crippen LogP) is 7.21. The van der Waals surface area contributed by atoms with Crippen LogP contribution in [0.15, 0.2) is 109 Å². The van der Waals surface area contributed by atoms with Gasteiger partial charge in [-0.2, -0.15) is 0 Å². The van der Waals surface area contributed by atoms with Crippen molar-refractivity contribution in [3.8, 4) is 11.5 Å². The van der Waals surface area contributed by atoms with Crippen LogP contribution < -0.4 is 9.47 Å². The summed E-state index contributed by atoms with van der Waals surface area (Å²) in [6.45, 7) is 4.46. The maximum absolute atomic E-state index is 12.7. The van der Waals surface area contributed by atoms with Crippen LogP contribution in [0.3, 0.4) is 0 Å². The number of benzene rings is 4. The third-order valence-electron chi connectivity index (χ3n) is 7.23. The molecule has 4 aromatic rings. The van der Waals surface area contributed by atoms with E-state index in [1.165, 1.54) is 0 Å². The van der Waals surface area contributed by atoms with Crippen LogP contribution in [0, 0.1) is 0 Å². The second-order valence-electron chi connectivity index (χ2n) is 10.6. The van der Waals surface area contributed by atoms with Gasteiger partial charge in [-0.15, -0.1) is 0 Å². The van der Waals surface area contributed by atoms with Crippen molar-refractivity contribution in [3.63, 3.8) is 0 Å². The molecule has 0 amide bonds. The van der Waals surface area contributed by atoms with E-state index in [1.54, 1.807) is 31.4 Å². The first-order valence-electron chi connectivity index (χ1n) is 15.4. The van der Waals surface area contributed by atoms with Gasteiger partial charge in [0.1, 0.15) is 11.5 Å². The Morgan fingerprint density at radius 3 is 1.44 bits per heavy atom. The van der Waals surface area contributed by atoms with Crippen LogP contribution in [0.1, 0.15) is 58.0 Å². The number of hydrogen-bond donors (Lipinski definition) is 0. The molecule has 0 saturated heterocycles. The van der Waals surface area contributed by atoms with Crippen LogP contribution in [-0.2, 0) is 14.2 Å². The molecule has 4 aromatic carbocycles. The van der Waals surface area contributed by atoms with E-state index in [0.29, 0.717) is 79.6 Å². The van der Waals surface area contributed by atoms with Crippen molar-refractivity contribution in [2.75, 3.05) is 40.1 Å². The van der Waals surface area contributed by atoms with Crippen LogP contribution in [0.2, 0.25) is 0 Å². The molecular weight excluding hydrogens is 568 g/mol. The predicted molar refractivity (Wildman–Crippen MR) is 175 cm³/mol. The maximum atomic E-state index is 12.7. The standard InChI is InChI=1S/C38H42O7/c1-3-24-42-27-36(23-26-44-34-20-16-32(17-21-34)38(40)30-12-8-5-9-13-30)45-28-35(41-2)22-25-43-33-18-14-31(15-19-33)37(39)29-10-6-4-7-11-29/h4-21,35-36H,3,22-28H2,1-2H3. The Morgan fingerprint density at radius 1 is 0.556 bits per heavy atom. The van der Waals surface area contributed by atoms with Crippen molar-refractivity contribution in [2.45, 2.75) is 38.4 Å². The highest BCUT2D eigenvalue weighted by atomic mass is 16.6. The molecule has 2 atom stereocenters. The first-order chi connectivity index (χ1) is 22.1. The van der Waals surface area contributed by atoms with Crippen molar-refractivity contribution in [2.24, 2.45) is 0 Å². The minimum atomic E-state index is -0.163. The van der Waals surface area contributed by atoms with Crippen molar-refractivity contribution < 1.29 is 33.3 Å². The zero-order chi connectivity index (χ0) is 31.7. The van der Waals surface area contributed by atoms with Crippen LogP contribution in [0.25, 0.3) is 0 Å². The number of rotatable bonds is 20. The Kier molecular flexibility index (Phi) is 13.8. The summed E-state index contributed by atoms with van der Waals surface area (Å²) in [5, 5.41) is 0. The molecule has 0 aliphatic carbocycles. The second-order valence-corrected chi connectivity index (χ2v) is 10.6. The Hall–Kier alpha value is -4.30. The maximum Gasteiger partial charge on any atom is 0.193 e. The summed E-state index contributed by atoms with van der Waals surface area (Å²) in [6.07, 6.45) is 1.87. The lowest BCUT2D eigenvalue weighted by Gasteiger charge is -2.22. The number of carbonyl (C=O) groups excluding carboxylic acids is 2. The summed E-state index contributed by atoms with van der Waals surface area (Å²) >= 11 is 0. The molecule has 0 bridgehead atoms. The summed E-state index contributed by atoms with van der Waals surface area (Å²) in [5.41, 5.74) is 2.55. The quantitative estimate of drug-likeness (QED) is 0.0773. The van der Waals surface area contributed by atoms with Gasteiger partial charge in [-0.05, 0) is 55.0 Å². The third-order valence-corrected chi connectivity index (χ3v) is 7.23.